The first-order chi connectivity index (χ1) is 10.6. The number of nitrogens with zero attached hydrogens (tertiary/aromatic N) is 2. The van der Waals surface area contributed by atoms with Crippen molar-refractivity contribution in [2.24, 2.45) is 0 Å². The van der Waals surface area contributed by atoms with Crippen LogP contribution in [-0.2, 0) is 6.54 Å². The standard InChI is InChI=1S/C18H22N2O2/c1-15-3-2-4-17(11-15)22-14-18(21)7-10-20(13-18)12-16-5-8-19-9-6-16/h2-6,8-9,11,21H,7,10,12-14H2,1H3. The molecule has 4 heteroatoms. The van der Waals surface area contributed by atoms with E-state index in [2.05, 4.69) is 9.88 Å². The number of aromatic nitrogens is 1. The Morgan fingerprint density at radius 3 is 2.86 bits per heavy atom. The molecule has 1 fully saturated rings. The highest BCUT2D eigenvalue weighted by Gasteiger charge is 2.36. The van der Waals surface area contributed by atoms with Gasteiger partial charge in [-0.15, -0.1) is 0 Å². The van der Waals surface area contributed by atoms with Crippen LogP contribution in [0.2, 0.25) is 0 Å². The van der Waals surface area contributed by atoms with E-state index in [4.69, 9.17) is 4.74 Å². The Balaban J connectivity index is 1.54. The lowest BCUT2D eigenvalue weighted by molar-refractivity contribution is 0.00336. The van der Waals surface area contributed by atoms with Crippen LogP contribution < -0.4 is 4.74 Å². The fraction of sp³-hybridized carbons (Fsp3) is 0.389. The second-order valence-electron chi connectivity index (χ2n) is 6.15. The largest absolute Gasteiger partial charge is 0.491 e. The van der Waals surface area contributed by atoms with Gasteiger partial charge in [-0.3, -0.25) is 9.88 Å². The molecular formula is C18H22N2O2. The number of aliphatic hydroxyl groups is 1. The minimum atomic E-state index is -0.767. The van der Waals surface area contributed by atoms with Gasteiger partial charge in [-0.05, 0) is 48.7 Å². The van der Waals surface area contributed by atoms with Gasteiger partial charge < -0.3 is 9.84 Å². The predicted octanol–water partition coefficient (Wildman–Crippen LogP) is 2.41. The summed E-state index contributed by atoms with van der Waals surface area (Å²) >= 11 is 0. The van der Waals surface area contributed by atoms with Crippen LogP contribution in [0, 0.1) is 6.92 Å². The molecule has 2 aromatic rings. The third-order valence-corrected chi connectivity index (χ3v) is 4.06. The topological polar surface area (TPSA) is 45.6 Å². The number of pyridine rings is 1. The van der Waals surface area contributed by atoms with Crippen molar-refractivity contribution in [1.82, 2.24) is 9.88 Å². The van der Waals surface area contributed by atoms with Crippen molar-refractivity contribution in [3.8, 4) is 5.75 Å². The SMILES string of the molecule is Cc1cccc(OCC2(O)CCN(Cc3ccncc3)C2)c1. The van der Waals surface area contributed by atoms with Crippen LogP contribution in [-0.4, -0.2) is 40.3 Å². The van der Waals surface area contributed by atoms with Crippen molar-refractivity contribution >= 4 is 0 Å². The molecular weight excluding hydrogens is 276 g/mol. The second-order valence-corrected chi connectivity index (χ2v) is 6.15. The molecule has 0 saturated carbocycles. The predicted molar refractivity (Wildman–Crippen MR) is 85.8 cm³/mol. The third kappa shape index (κ3) is 3.84. The second kappa shape index (κ2) is 6.46. The molecule has 0 radical (unpaired) electrons. The number of aryl methyl sites for hydroxylation is 1. The molecule has 1 saturated heterocycles. The molecule has 116 valence electrons. The van der Waals surface area contributed by atoms with E-state index in [0.717, 1.165) is 30.8 Å². The van der Waals surface area contributed by atoms with Crippen molar-refractivity contribution in [1.29, 1.82) is 0 Å². The third-order valence-electron chi connectivity index (χ3n) is 4.06. The molecule has 0 spiro atoms. The zero-order valence-corrected chi connectivity index (χ0v) is 12.9. The van der Waals surface area contributed by atoms with Crippen molar-refractivity contribution in [2.75, 3.05) is 19.7 Å². The average molecular weight is 298 g/mol. The summed E-state index contributed by atoms with van der Waals surface area (Å²) in [6.07, 6.45) is 4.35. The van der Waals surface area contributed by atoms with E-state index in [1.807, 2.05) is 43.3 Å². The molecule has 22 heavy (non-hydrogen) atoms. The smallest absolute Gasteiger partial charge is 0.119 e. The van der Waals surface area contributed by atoms with Crippen molar-refractivity contribution in [3.05, 3.63) is 59.9 Å². The molecule has 1 aliphatic rings. The van der Waals surface area contributed by atoms with Gasteiger partial charge in [0.25, 0.3) is 0 Å². The van der Waals surface area contributed by atoms with E-state index >= 15 is 0 Å². The van der Waals surface area contributed by atoms with Gasteiger partial charge in [0.15, 0.2) is 0 Å². The van der Waals surface area contributed by atoms with Gasteiger partial charge in [0.2, 0.25) is 0 Å². The lowest BCUT2D eigenvalue weighted by atomic mass is 10.1. The average Bonchev–Trinajstić information content (AvgIpc) is 2.88. The molecule has 2 heterocycles. The normalized spacial score (nSPS) is 21.9. The maximum absolute atomic E-state index is 10.7. The first kappa shape index (κ1) is 15.0. The monoisotopic (exact) mass is 298 g/mol. The van der Waals surface area contributed by atoms with Crippen molar-refractivity contribution in [3.63, 3.8) is 0 Å². The Labute approximate surface area is 131 Å². The molecule has 1 atom stereocenters. The summed E-state index contributed by atoms with van der Waals surface area (Å²) in [5, 5.41) is 10.7. The summed E-state index contributed by atoms with van der Waals surface area (Å²) in [4.78, 5) is 6.29. The minimum Gasteiger partial charge on any atom is -0.491 e. The number of likely N-dealkylation sites (tertiary alicyclic amines) is 1. The Bertz CT molecular complexity index is 617. The summed E-state index contributed by atoms with van der Waals surface area (Å²) in [7, 11) is 0. The Kier molecular flexibility index (Phi) is 4.41. The number of rotatable bonds is 5. The van der Waals surface area contributed by atoms with Crippen LogP contribution in [0.25, 0.3) is 0 Å². The van der Waals surface area contributed by atoms with Crippen LogP contribution in [0.5, 0.6) is 5.75 Å². The van der Waals surface area contributed by atoms with E-state index in [1.165, 1.54) is 5.56 Å². The summed E-state index contributed by atoms with van der Waals surface area (Å²) in [6, 6.07) is 12.0. The van der Waals surface area contributed by atoms with Gasteiger partial charge in [-0.2, -0.15) is 0 Å². The number of ether oxygens (including phenoxy) is 1. The van der Waals surface area contributed by atoms with E-state index in [9.17, 15) is 5.11 Å². The molecule has 3 rings (SSSR count). The zero-order valence-electron chi connectivity index (χ0n) is 12.9. The van der Waals surface area contributed by atoms with E-state index < -0.39 is 5.60 Å². The number of hydrogen-bond donors (Lipinski definition) is 1. The van der Waals surface area contributed by atoms with E-state index in [1.54, 1.807) is 12.4 Å². The Morgan fingerprint density at radius 1 is 1.27 bits per heavy atom. The molecule has 1 aliphatic heterocycles. The fourth-order valence-corrected chi connectivity index (χ4v) is 2.86. The highest BCUT2D eigenvalue weighted by atomic mass is 16.5. The quantitative estimate of drug-likeness (QED) is 0.921. The Morgan fingerprint density at radius 2 is 2.09 bits per heavy atom. The lowest BCUT2D eigenvalue weighted by Crippen LogP contribution is -2.39. The maximum Gasteiger partial charge on any atom is 0.119 e. The molecule has 4 nitrogen and oxygen atoms in total. The van der Waals surface area contributed by atoms with Crippen LogP contribution in [0.1, 0.15) is 17.5 Å². The minimum absolute atomic E-state index is 0.337. The summed E-state index contributed by atoms with van der Waals surface area (Å²) < 4.78 is 5.79. The van der Waals surface area contributed by atoms with Crippen LogP contribution in [0.15, 0.2) is 48.8 Å². The van der Waals surface area contributed by atoms with Crippen LogP contribution >= 0.6 is 0 Å². The van der Waals surface area contributed by atoms with Crippen molar-refractivity contribution in [2.45, 2.75) is 25.5 Å². The van der Waals surface area contributed by atoms with Gasteiger partial charge in [0, 0.05) is 32.0 Å². The molecule has 0 aliphatic carbocycles. The Hall–Kier alpha value is -1.91. The number of β-amino-alcohol motifs (C(OH)–C–C–N with tert-alkyl or cyclic N) is 1. The molecule has 0 amide bonds. The lowest BCUT2D eigenvalue weighted by Gasteiger charge is -2.23. The summed E-state index contributed by atoms with van der Waals surface area (Å²) in [5.74, 6) is 0.820. The molecule has 1 N–H and O–H groups in total. The molecule has 1 aromatic heterocycles. The fourth-order valence-electron chi connectivity index (χ4n) is 2.86. The first-order valence-electron chi connectivity index (χ1n) is 7.66. The zero-order chi connectivity index (χ0) is 15.4. The van der Waals surface area contributed by atoms with E-state index in [-0.39, 0.29) is 0 Å². The highest BCUT2D eigenvalue weighted by molar-refractivity contribution is 5.27. The number of benzene rings is 1. The van der Waals surface area contributed by atoms with Crippen molar-refractivity contribution < 1.29 is 9.84 Å². The molecule has 1 unspecified atom stereocenters. The summed E-state index contributed by atoms with van der Waals surface area (Å²) in [5.41, 5.74) is 1.62. The molecule has 1 aromatic carbocycles. The highest BCUT2D eigenvalue weighted by Crippen LogP contribution is 2.24. The van der Waals surface area contributed by atoms with Gasteiger partial charge in [-0.1, -0.05) is 12.1 Å². The van der Waals surface area contributed by atoms with Gasteiger partial charge >= 0.3 is 0 Å². The molecule has 0 bridgehead atoms. The van der Waals surface area contributed by atoms with E-state index in [0.29, 0.717) is 13.2 Å². The van der Waals surface area contributed by atoms with Crippen LogP contribution in [0.3, 0.4) is 0 Å². The van der Waals surface area contributed by atoms with Gasteiger partial charge in [-0.25, -0.2) is 0 Å². The number of hydrogen-bond acceptors (Lipinski definition) is 4. The van der Waals surface area contributed by atoms with Gasteiger partial charge in [0.05, 0.1) is 0 Å². The first-order valence-corrected chi connectivity index (χ1v) is 7.66. The summed E-state index contributed by atoms with van der Waals surface area (Å²) in [6.45, 7) is 4.74. The van der Waals surface area contributed by atoms with Crippen LogP contribution in [0.4, 0.5) is 0 Å². The van der Waals surface area contributed by atoms with Gasteiger partial charge in [0.1, 0.15) is 18.0 Å². The maximum atomic E-state index is 10.7.